The van der Waals surface area contributed by atoms with Gasteiger partial charge in [0.05, 0.1) is 19.5 Å². The Kier molecular flexibility index (Phi) is 5.13. The fourth-order valence-corrected chi connectivity index (χ4v) is 3.68. The number of hydrogen-bond acceptors (Lipinski definition) is 8. The molecule has 5 rings (SSSR count). The van der Waals surface area contributed by atoms with Crippen LogP contribution in [0.5, 0.6) is 5.75 Å². The normalized spacial score (nSPS) is 14.2. The number of aryl methyl sites for hydroxylation is 1. The van der Waals surface area contributed by atoms with Crippen molar-refractivity contribution in [1.82, 2.24) is 34.7 Å². The molecule has 0 saturated carbocycles. The van der Waals surface area contributed by atoms with Crippen LogP contribution in [0.2, 0.25) is 0 Å². The van der Waals surface area contributed by atoms with Gasteiger partial charge in [0.1, 0.15) is 5.75 Å². The second-order valence-electron chi connectivity index (χ2n) is 7.48. The van der Waals surface area contributed by atoms with Crippen molar-refractivity contribution >= 4 is 17.5 Å². The monoisotopic (exact) mass is 419 g/mol. The molecule has 10 heteroatoms. The molecule has 0 radical (unpaired) electrons. The molecule has 31 heavy (non-hydrogen) atoms. The molecule has 0 unspecified atom stereocenters. The van der Waals surface area contributed by atoms with Gasteiger partial charge in [-0.2, -0.15) is 24.7 Å². The third-order valence-electron chi connectivity index (χ3n) is 5.38. The molecule has 10 nitrogen and oxygen atoms in total. The maximum Gasteiger partial charge on any atom is 0.230 e. The molecule has 4 aromatic rings. The molecular weight excluding hydrogens is 394 g/mol. The summed E-state index contributed by atoms with van der Waals surface area (Å²) in [4.78, 5) is 11.9. The fraction of sp³-hybridized carbons (Fsp3) is 0.333. The van der Waals surface area contributed by atoms with Crippen molar-refractivity contribution in [1.29, 1.82) is 0 Å². The van der Waals surface area contributed by atoms with Crippen LogP contribution in [0.4, 0.5) is 11.9 Å². The molecule has 0 amide bonds. The van der Waals surface area contributed by atoms with Crippen LogP contribution in [0.3, 0.4) is 0 Å². The Labute approximate surface area is 179 Å². The Bertz CT molecular complexity index is 1180. The number of ether oxygens (including phenoxy) is 1. The van der Waals surface area contributed by atoms with E-state index < -0.39 is 0 Å². The predicted molar refractivity (Wildman–Crippen MR) is 118 cm³/mol. The number of nitrogens with one attached hydrogen (secondary N) is 2. The van der Waals surface area contributed by atoms with Gasteiger partial charge in [-0.25, -0.2) is 0 Å². The van der Waals surface area contributed by atoms with Crippen molar-refractivity contribution in [2.45, 2.75) is 6.54 Å². The van der Waals surface area contributed by atoms with Gasteiger partial charge < -0.3 is 20.3 Å². The number of methoxy groups -OCH3 is 1. The largest absolute Gasteiger partial charge is 0.497 e. The molecule has 0 spiro atoms. The lowest BCUT2D eigenvalue weighted by Gasteiger charge is -2.27. The highest BCUT2D eigenvalue weighted by molar-refractivity contribution is 5.77. The Balaban J connectivity index is 1.52. The maximum absolute atomic E-state index is 5.25. The fourth-order valence-electron chi connectivity index (χ4n) is 3.68. The van der Waals surface area contributed by atoms with Crippen LogP contribution in [-0.4, -0.2) is 62.7 Å². The lowest BCUT2D eigenvalue weighted by molar-refractivity contribution is 0.414. The summed E-state index contributed by atoms with van der Waals surface area (Å²) >= 11 is 0. The maximum atomic E-state index is 5.25. The predicted octanol–water partition coefficient (Wildman–Crippen LogP) is 1.56. The molecule has 2 N–H and O–H groups in total. The number of nitrogens with zero attached hydrogens (tertiary/aromatic N) is 7. The average Bonchev–Trinajstić information content (AvgIpc) is 3.44. The molecule has 1 saturated heterocycles. The molecule has 0 bridgehead atoms. The van der Waals surface area contributed by atoms with Gasteiger partial charge in [0, 0.05) is 57.1 Å². The first-order valence-electron chi connectivity index (χ1n) is 10.3. The van der Waals surface area contributed by atoms with Gasteiger partial charge in [-0.15, -0.1) is 0 Å². The number of aromatic nitrogens is 6. The van der Waals surface area contributed by atoms with Crippen LogP contribution in [0.1, 0.15) is 5.56 Å². The first-order chi connectivity index (χ1) is 15.2. The number of benzene rings is 1. The molecule has 1 aliphatic rings. The highest BCUT2D eigenvalue weighted by Crippen LogP contribution is 2.26. The molecular formula is C21H25N9O. The van der Waals surface area contributed by atoms with Gasteiger partial charge in [0.2, 0.25) is 11.9 Å². The zero-order chi connectivity index (χ0) is 21.2. The third kappa shape index (κ3) is 3.89. The second-order valence-corrected chi connectivity index (χ2v) is 7.48. The highest BCUT2D eigenvalue weighted by atomic mass is 16.5. The van der Waals surface area contributed by atoms with E-state index in [9.17, 15) is 0 Å². The summed E-state index contributed by atoms with van der Waals surface area (Å²) in [5.41, 5.74) is 3.78. The average molecular weight is 419 g/mol. The van der Waals surface area contributed by atoms with Crippen molar-refractivity contribution in [3.05, 3.63) is 48.4 Å². The first-order valence-corrected chi connectivity index (χ1v) is 10.3. The van der Waals surface area contributed by atoms with Gasteiger partial charge in [0.25, 0.3) is 0 Å². The van der Waals surface area contributed by atoms with E-state index in [0.29, 0.717) is 18.4 Å². The second kappa shape index (κ2) is 8.23. The van der Waals surface area contributed by atoms with E-state index in [0.717, 1.165) is 54.3 Å². The Hall–Kier alpha value is -3.66. The van der Waals surface area contributed by atoms with E-state index in [1.54, 1.807) is 16.3 Å². The van der Waals surface area contributed by atoms with E-state index in [4.69, 9.17) is 14.7 Å². The van der Waals surface area contributed by atoms with Crippen LogP contribution in [0.15, 0.2) is 42.9 Å². The summed E-state index contributed by atoms with van der Waals surface area (Å²) < 4.78 is 8.79. The van der Waals surface area contributed by atoms with Gasteiger partial charge >= 0.3 is 0 Å². The van der Waals surface area contributed by atoms with Crippen molar-refractivity contribution < 1.29 is 4.74 Å². The third-order valence-corrected chi connectivity index (χ3v) is 5.38. The van der Waals surface area contributed by atoms with E-state index in [-0.39, 0.29) is 0 Å². The lowest BCUT2D eigenvalue weighted by Crippen LogP contribution is -2.44. The van der Waals surface area contributed by atoms with Gasteiger partial charge in [0.15, 0.2) is 5.65 Å². The Morgan fingerprint density at radius 3 is 2.58 bits per heavy atom. The van der Waals surface area contributed by atoms with Crippen molar-refractivity contribution in [3.8, 4) is 16.9 Å². The van der Waals surface area contributed by atoms with Crippen molar-refractivity contribution in [3.63, 3.8) is 0 Å². The molecule has 0 aliphatic carbocycles. The SMILES string of the molecule is COc1ccc(CNc2nc(N3CCNCC3)nc3c(-c4cnn(C)c4)cnn23)cc1. The van der Waals surface area contributed by atoms with Gasteiger partial charge in [-0.1, -0.05) is 12.1 Å². The number of hydrogen-bond donors (Lipinski definition) is 2. The molecule has 1 aromatic carbocycles. The summed E-state index contributed by atoms with van der Waals surface area (Å²) in [7, 11) is 3.57. The van der Waals surface area contributed by atoms with Crippen molar-refractivity contribution in [2.75, 3.05) is 43.5 Å². The van der Waals surface area contributed by atoms with E-state index in [1.165, 1.54) is 0 Å². The number of piperazine rings is 1. The molecule has 3 aromatic heterocycles. The number of anilines is 2. The molecule has 1 fully saturated rings. The lowest BCUT2D eigenvalue weighted by atomic mass is 10.2. The minimum absolute atomic E-state index is 0.610. The molecule has 4 heterocycles. The van der Waals surface area contributed by atoms with Crippen LogP contribution >= 0.6 is 0 Å². The van der Waals surface area contributed by atoms with E-state index >= 15 is 0 Å². The standard InChI is InChI=1S/C21H25N9O/c1-28-14-16(12-24-28)18-13-25-30-19(18)26-21(29-9-7-22-8-10-29)27-20(30)23-11-15-3-5-17(31-2)6-4-15/h3-6,12-14,22H,7-11H2,1-2H3,(H,23,26,27). The van der Waals surface area contributed by atoms with Crippen LogP contribution in [0, 0.1) is 0 Å². The molecule has 160 valence electrons. The van der Waals surface area contributed by atoms with Gasteiger partial charge in [-0.05, 0) is 17.7 Å². The summed E-state index contributed by atoms with van der Waals surface area (Å²) in [5, 5.41) is 15.7. The quantitative estimate of drug-likeness (QED) is 0.486. The van der Waals surface area contributed by atoms with Crippen LogP contribution in [0.25, 0.3) is 16.8 Å². The summed E-state index contributed by atoms with van der Waals surface area (Å²) in [6.07, 6.45) is 5.61. The molecule has 0 atom stereocenters. The highest BCUT2D eigenvalue weighted by Gasteiger charge is 2.19. The first kappa shape index (κ1) is 19.3. The smallest absolute Gasteiger partial charge is 0.230 e. The Morgan fingerprint density at radius 2 is 1.87 bits per heavy atom. The number of fused-ring (bicyclic) bond motifs is 1. The topological polar surface area (TPSA) is 97.4 Å². The van der Waals surface area contributed by atoms with E-state index in [1.807, 2.05) is 49.9 Å². The van der Waals surface area contributed by atoms with Crippen molar-refractivity contribution in [2.24, 2.45) is 7.05 Å². The van der Waals surface area contributed by atoms with Crippen LogP contribution < -0.4 is 20.3 Å². The Morgan fingerprint density at radius 1 is 1.06 bits per heavy atom. The molecule has 1 aliphatic heterocycles. The number of rotatable bonds is 6. The minimum atomic E-state index is 0.610. The van der Waals surface area contributed by atoms with Gasteiger partial charge in [-0.3, -0.25) is 4.68 Å². The van der Waals surface area contributed by atoms with E-state index in [2.05, 4.69) is 25.7 Å². The summed E-state index contributed by atoms with van der Waals surface area (Å²) in [6, 6.07) is 7.97. The summed E-state index contributed by atoms with van der Waals surface area (Å²) in [6.45, 7) is 4.17. The minimum Gasteiger partial charge on any atom is -0.497 e. The summed E-state index contributed by atoms with van der Waals surface area (Å²) in [5.74, 6) is 2.20. The zero-order valence-corrected chi connectivity index (χ0v) is 17.6. The zero-order valence-electron chi connectivity index (χ0n) is 17.6. The van der Waals surface area contributed by atoms with Crippen LogP contribution in [-0.2, 0) is 13.6 Å².